The molecule has 5 rings (SSSR count). The molecule has 1 heterocycles. The predicted molar refractivity (Wildman–Crippen MR) is 182 cm³/mol. The summed E-state index contributed by atoms with van der Waals surface area (Å²) in [7, 11) is 0. The van der Waals surface area contributed by atoms with Crippen molar-refractivity contribution in [2.45, 2.75) is 102 Å². The molecule has 2 fully saturated rings. The normalized spacial score (nSPS) is 17.0. The minimum Gasteiger partial charge on any atom is -0.353 e. The van der Waals surface area contributed by atoms with E-state index in [1.165, 1.54) is 6.42 Å². The Morgan fingerprint density at radius 1 is 0.809 bits per heavy atom. The van der Waals surface area contributed by atoms with Gasteiger partial charge in [-0.3, -0.25) is 24.0 Å². The van der Waals surface area contributed by atoms with E-state index in [2.05, 4.69) is 20.9 Å². The number of ketones is 2. The molecule has 2 aromatic carbocycles. The molecule has 2 saturated carbocycles. The highest BCUT2D eigenvalue weighted by Crippen LogP contribution is 2.23. The number of amides is 3. The Balaban J connectivity index is 1.29. The number of aromatic amines is 1. The highest BCUT2D eigenvalue weighted by atomic mass is 16.2. The summed E-state index contributed by atoms with van der Waals surface area (Å²) < 4.78 is 0. The summed E-state index contributed by atoms with van der Waals surface area (Å²) in [6.45, 7) is 0.420. The van der Waals surface area contributed by atoms with E-state index in [0.29, 0.717) is 18.2 Å². The summed E-state index contributed by atoms with van der Waals surface area (Å²) >= 11 is 0. The maximum Gasteiger partial charge on any atom is 0.289 e. The molecule has 4 N–H and O–H groups in total. The van der Waals surface area contributed by atoms with Crippen LogP contribution in [0.5, 0.6) is 0 Å². The van der Waals surface area contributed by atoms with E-state index >= 15 is 0 Å². The molecule has 0 bridgehead atoms. The second-order valence-corrected chi connectivity index (χ2v) is 13.4. The van der Waals surface area contributed by atoms with Crippen molar-refractivity contribution in [2.75, 3.05) is 6.54 Å². The molecule has 2 atom stereocenters. The Morgan fingerprint density at radius 2 is 1.49 bits per heavy atom. The van der Waals surface area contributed by atoms with Crippen LogP contribution in [0.25, 0.3) is 10.9 Å². The Bertz CT molecular complexity index is 1490. The van der Waals surface area contributed by atoms with Crippen LogP contribution in [0, 0.1) is 11.8 Å². The molecule has 2 aliphatic carbocycles. The molecule has 0 saturated heterocycles. The maximum atomic E-state index is 13.9. The average molecular weight is 641 g/mol. The van der Waals surface area contributed by atoms with Gasteiger partial charge in [0.2, 0.25) is 17.6 Å². The molecular formula is C38H48N4O5. The maximum absolute atomic E-state index is 13.9. The third-order valence-corrected chi connectivity index (χ3v) is 9.72. The minimum absolute atomic E-state index is 0.000435. The van der Waals surface area contributed by atoms with Crippen molar-refractivity contribution in [2.24, 2.45) is 11.8 Å². The molecule has 0 spiro atoms. The number of aromatic nitrogens is 1. The van der Waals surface area contributed by atoms with Crippen molar-refractivity contribution in [3.8, 4) is 0 Å². The molecule has 0 aliphatic heterocycles. The summed E-state index contributed by atoms with van der Waals surface area (Å²) in [4.78, 5) is 70.1. The van der Waals surface area contributed by atoms with E-state index in [-0.39, 0.29) is 43.4 Å². The monoisotopic (exact) mass is 640 g/mol. The third kappa shape index (κ3) is 10.1. The van der Waals surface area contributed by atoms with Gasteiger partial charge in [-0.25, -0.2) is 0 Å². The predicted octanol–water partition coefficient (Wildman–Crippen LogP) is 5.58. The summed E-state index contributed by atoms with van der Waals surface area (Å²) in [5.74, 6) is -2.89. The van der Waals surface area contributed by atoms with Crippen molar-refractivity contribution >= 4 is 40.2 Å². The van der Waals surface area contributed by atoms with Gasteiger partial charge in [-0.15, -0.1) is 0 Å². The van der Waals surface area contributed by atoms with Gasteiger partial charge in [0.25, 0.3) is 5.91 Å². The first-order chi connectivity index (χ1) is 22.9. The number of hydrogen-bond donors (Lipinski definition) is 4. The van der Waals surface area contributed by atoms with Gasteiger partial charge in [0.1, 0.15) is 0 Å². The number of Topliss-reactive ketones (excluding diaryl/α,β-unsaturated/α-hetero) is 2. The van der Waals surface area contributed by atoms with E-state index in [1.54, 1.807) is 6.07 Å². The number of para-hydroxylation sites is 1. The van der Waals surface area contributed by atoms with Gasteiger partial charge in [0.15, 0.2) is 5.78 Å². The molecule has 2 aliphatic rings. The van der Waals surface area contributed by atoms with Crippen molar-refractivity contribution < 1.29 is 24.0 Å². The lowest BCUT2D eigenvalue weighted by Crippen LogP contribution is -2.50. The second-order valence-electron chi connectivity index (χ2n) is 13.4. The lowest BCUT2D eigenvalue weighted by Gasteiger charge is -2.25. The number of rotatable bonds is 15. The summed E-state index contributed by atoms with van der Waals surface area (Å²) in [6, 6.07) is 17.7. The SMILES string of the molecule is O=C(CC[C@H](NC(=O)[C@@H](CC(=O)c1cc2ccccc2[nH]1)Cc1ccccc1)C(=O)C(=O)NCC1CCCCC1)NC1CCCCC1. The second kappa shape index (κ2) is 17.0. The fourth-order valence-corrected chi connectivity index (χ4v) is 6.97. The van der Waals surface area contributed by atoms with Gasteiger partial charge in [-0.05, 0) is 62.1 Å². The number of carbonyl (C=O) groups excluding carboxylic acids is 5. The number of benzene rings is 2. The van der Waals surface area contributed by atoms with Crippen molar-refractivity contribution in [3.63, 3.8) is 0 Å². The van der Waals surface area contributed by atoms with Crippen molar-refractivity contribution in [1.29, 1.82) is 0 Å². The molecule has 3 aromatic rings. The Kier molecular flexibility index (Phi) is 12.4. The van der Waals surface area contributed by atoms with Crippen LogP contribution < -0.4 is 16.0 Å². The number of carbonyl (C=O) groups is 5. The zero-order valence-electron chi connectivity index (χ0n) is 27.2. The van der Waals surface area contributed by atoms with Gasteiger partial charge >= 0.3 is 0 Å². The molecule has 1 aromatic heterocycles. The van der Waals surface area contributed by atoms with Crippen molar-refractivity contribution in [3.05, 3.63) is 71.9 Å². The van der Waals surface area contributed by atoms with E-state index in [9.17, 15) is 24.0 Å². The first kappa shape index (κ1) is 34.1. The number of H-pyrrole nitrogens is 1. The van der Waals surface area contributed by atoms with Crippen molar-refractivity contribution in [1.82, 2.24) is 20.9 Å². The zero-order valence-corrected chi connectivity index (χ0v) is 27.2. The number of fused-ring (bicyclic) bond motifs is 1. The lowest BCUT2D eigenvalue weighted by molar-refractivity contribution is -0.141. The van der Waals surface area contributed by atoms with Gasteiger partial charge < -0.3 is 20.9 Å². The summed E-state index contributed by atoms with van der Waals surface area (Å²) in [5, 5.41) is 9.57. The van der Waals surface area contributed by atoms with E-state index in [1.807, 2.05) is 54.6 Å². The van der Waals surface area contributed by atoms with Gasteiger partial charge in [-0.2, -0.15) is 0 Å². The van der Waals surface area contributed by atoms with Crippen LogP contribution in [0.2, 0.25) is 0 Å². The Hall–Kier alpha value is -4.27. The first-order valence-electron chi connectivity index (χ1n) is 17.4. The quantitative estimate of drug-likeness (QED) is 0.127. The van der Waals surface area contributed by atoms with Crippen LogP contribution in [-0.4, -0.2) is 52.9 Å². The highest BCUT2D eigenvalue weighted by Gasteiger charge is 2.32. The largest absolute Gasteiger partial charge is 0.353 e. The summed E-state index contributed by atoms with van der Waals surface area (Å²) in [6.07, 6.45) is 10.8. The number of nitrogens with one attached hydrogen (secondary N) is 4. The van der Waals surface area contributed by atoms with Crippen LogP contribution in [0.1, 0.15) is 99.5 Å². The molecule has 9 nitrogen and oxygen atoms in total. The van der Waals surface area contributed by atoms with E-state index < -0.39 is 29.6 Å². The standard InChI is InChI=1S/C38H48N4O5/c43-34(33-23-28-16-10-11-19-31(28)41-33)24-29(22-26-12-4-1-5-13-26)37(46)42-32(20-21-35(44)40-30-17-8-3-9-18-30)36(45)38(47)39-25-27-14-6-2-7-15-27/h1,4-5,10-13,16,19,23,27,29-30,32,41H,2-3,6-9,14-15,17-18,20-22,24-25H2,(H,39,47)(H,40,44)(H,42,46)/t29-,32+/m1/s1. The van der Waals surface area contributed by atoms with Crippen LogP contribution in [0.3, 0.4) is 0 Å². The van der Waals surface area contributed by atoms with Crippen LogP contribution in [0.15, 0.2) is 60.7 Å². The minimum atomic E-state index is -1.19. The van der Waals surface area contributed by atoms with Gasteiger partial charge in [0, 0.05) is 42.2 Å². The zero-order chi connectivity index (χ0) is 33.0. The Morgan fingerprint density at radius 3 is 2.21 bits per heavy atom. The molecular weight excluding hydrogens is 592 g/mol. The van der Waals surface area contributed by atoms with E-state index in [0.717, 1.165) is 74.3 Å². The van der Waals surface area contributed by atoms with Crippen LogP contribution in [-0.2, 0) is 25.6 Å². The van der Waals surface area contributed by atoms with Crippen LogP contribution in [0.4, 0.5) is 0 Å². The van der Waals surface area contributed by atoms with Crippen LogP contribution >= 0.6 is 0 Å². The molecule has 250 valence electrons. The smallest absolute Gasteiger partial charge is 0.289 e. The number of hydrogen-bond acceptors (Lipinski definition) is 5. The third-order valence-electron chi connectivity index (χ3n) is 9.72. The fraction of sp³-hybridized carbons (Fsp3) is 0.500. The molecule has 0 radical (unpaired) electrons. The van der Waals surface area contributed by atoms with E-state index in [4.69, 9.17) is 0 Å². The topological polar surface area (TPSA) is 137 Å². The first-order valence-corrected chi connectivity index (χ1v) is 17.4. The summed E-state index contributed by atoms with van der Waals surface area (Å²) in [5.41, 5.74) is 2.11. The van der Waals surface area contributed by atoms with Gasteiger partial charge in [-0.1, -0.05) is 87.1 Å². The fourth-order valence-electron chi connectivity index (χ4n) is 6.97. The Labute approximate surface area is 277 Å². The molecule has 0 unspecified atom stereocenters. The lowest BCUT2D eigenvalue weighted by atomic mass is 9.89. The molecule has 47 heavy (non-hydrogen) atoms. The van der Waals surface area contributed by atoms with Gasteiger partial charge in [0.05, 0.1) is 11.7 Å². The molecule has 3 amide bonds. The highest BCUT2D eigenvalue weighted by molar-refractivity contribution is 6.38. The molecule has 9 heteroatoms. The average Bonchev–Trinajstić information content (AvgIpc) is 3.54.